The lowest BCUT2D eigenvalue weighted by Crippen LogP contribution is -2.18. The summed E-state index contributed by atoms with van der Waals surface area (Å²) in [6, 6.07) is 10.7. The van der Waals surface area contributed by atoms with E-state index in [1.54, 1.807) is 6.07 Å². The van der Waals surface area contributed by atoms with Crippen LogP contribution in [0.1, 0.15) is 36.6 Å². The molecule has 21 heavy (non-hydrogen) atoms. The van der Waals surface area contributed by atoms with Gasteiger partial charge in [-0.3, -0.25) is 0 Å². The third-order valence-electron chi connectivity index (χ3n) is 3.65. The maximum absolute atomic E-state index is 13.5. The number of rotatable bonds is 5. The number of benzene rings is 2. The maximum atomic E-state index is 13.5. The summed E-state index contributed by atoms with van der Waals surface area (Å²) in [5, 5.41) is 3.29. The van der Waals surface area contributed by atoms with Gasteiger partial charge >= 0.3 is 0 Å². The van der Waals surface area contributed by atoms with Crippen molar-refractivity contribution in [2.24, 2.45) is 0 Å². The van der Waals surface area contributed by atoms with Gasteiger partial charge in [0.05, 0.1) is 0 Å². The largest absolute Gasteiger partial charge is 0.457 e. The standard InChI is InChI=1S/C18H22FNO/c1-5-20-14(4)17-11-15(19)7-9-18(17)21-16-8-6-12(2)13(3)10-16/h6-11,14,20H,5H2,1-4H3. The number of nitrogens with one attached hydrogen (secondary N) is 1. The van der Waals surface area contributed by atoms with Gasteiger partial charge in [-0.15, -0.1) is 0 Å². The van der Waals surface area contributed by atoms with Gasteiger partial charge in [0.2, 0.25) is 0 Å². The highest BCUT2D eigenvalue weighted by Crippen LogP contribution is 2.31. The summed E-state index contributed by atoms with van der Waals surface area (Å²) in [6.07, 6.45) is 0. The smallest absolute Gasteiger partial charge is 0.132 e. The molecule has 112 valence electrons. The number of hydrogen-bond donors (Lipinski definition) is 1. The monoisotopic (exact) mass is 287 g/mol. The van der Waals surface area contributed by atoms with Crippen LogP contribution in [0.2, 0.25) is 0 Å². The number of halogens is 1. The Balaban J connectivity index is 2.32. The van der Waals surface area contributed by atoms with E-state index in [0.717, 1.165) is 17.9 Å². The molecule has 0 aliphatic carbocycles. The van der Waals surface area contributed by atoms with Crippen molar-refractivity contribution in [2.45, 2.75) is 33.7 Å². The average molecular weight is 287 g/mol. The first kappa shape index (κ1) is 15.5. The molecule has 1 N–H and O–H groups in total. The summed E-state index contributed by atoms with van der Waals surface area (Å²) in [5.74, 6) is 1.21. The quantitative estimate of drug-likeness (QED) is 0.844. The Morgan fingerprint density at radius 2 is 1.86 bits per heavy atom. The Morgan fingerprint density at radius 3 is 2.52 bits per heavy atom. The van der Waals surface area contributed by atoms with E-state index in [1.165, 1.54) is 23.3 Å². The first-order chi connectivity index (χ1) is 10.0. The van der Waals surface area contributed by atoms with Crippen LogP contribution in [0.15, 0.2) is 36.4 Å². The molecule has 3 heteroatoms. The molecule has 0 bridgehead atoms. The molecule has 0 aliphatic heterocycles. The van der Waals surface area contributed by atoms with E-state index in [9.17, 15) is 4.39 Å². The molecule has 0 saturated carbocycles. The van der Waals surface area contributed by atoms with Crippen molar-refractivity contribution < 1.29 is 9.13 Å². The molecule has 0 spiro atoms. The van der Waals surface area contributed by atoms with Crippen LogP contribution in [0.25, 0.3) is 0 Å². The molecule has 2 nitrogen and oxygen atoms in total. The number of ether oxygens (including phenoxy) is 1. The van der Waals surface area contributed by atoms with Gasteiger partial charge in [0.25, 0.3) is 0 Å². The van der Waals surface area contributed by atoms with Gasteiger partial charge in [0.15, 0.2) is 0 Å². The topological polar surface area (TPSA) is 21.3 Å². The van der Waals surface area contributed by atoms with Gasteiger partial charge in [-0.2, -0.15) is 0 Å². The Morgan fingerprint density at radius 1 is 1.10 bits per heavy atom. The van der Waals surface area contributed by atoms with Gasteiger partial charge < -0.3 is 10.1 Å². The molecular weight excluding hydrogens is 265 g/mol. The minimum Gasteiger partial charge on any atom is -0.457 e. The second-order valence-corrected chi connectivity index (χ2v) is 5.31. The fourth-order valence-electron chi connectivity index (χ4n) is 2.27. The van der Waals surface area contributed by atoms with E-state index in [-0.39, 0.29) is 11.9 Å². The van der Waals surface area contributed by atoms with Crippen molar-refractivity contribution in [1.82, 2.24) is 5.32 Å². The molecule has 0 heterocycles. The molecule has 0 radical (unpaired) electrons. The normalized spacial score (nSPS) is 12.2. The molecule has 0 aromatic heterocycles. The van der Waals surface area contributed by atoms with Crippen LogP contribution in [-0.2, 0) is 0 Å². The Bertz CT molecular complexity index is 625. The number of hydrogen-bond acceptors (Lipinski definition) is 2. The molecule has 1 unspecified atom stereocenters. The van der Waals surface area contributed by atoms with Gasteiger partial charge in [-0.05, 0) is 68.8 Å². The summed E-state index contributed by atoms with van der Waals surface area (Å²) < 4.78 is 19.5. The predicted octanol–water partition coefficient (Wildman–Crippen LogP) is 4.91. The van der Waals surface area contributed by atoms with Gasteiger partial charge in [-0.1, -0.05) is 13.0 Å². The Kier molecular flexibility index (Phi) is 4.97. The van der Waals surface area contributed by atoms with Crippen molar-refractivity contribution >= 4 is 0 Å². The molecule has 0 saturated heterocycles. The van der Waals surface area contributed by atoms with E-state index < -0.39 is 0 Å². The summed E-state index contributed by atoms with van der Waals surface area (Å²) in [6.45, 7) is 8.97. The van der Waals surface area contributed by atoms with E-state index in [1.807, 2.05) is 32.0 Å². The maximum Gasteiger partial charge on any atom is 0.132 e. The van der Waals surface area contributed by atoms with Crippen LogP contribution >= 0.6 is 0 Å². The van der Waals surface area contributed by atoms with Gasteiger partial charge in [-0.25, -0.2) is 4.39 Å². The fraction of sp³-hybridized carbons (Fsp3) is 0.333. The molecule has 2 aromatic rings. The highest BCUT2D eigenvalue weighted by molar-refractivity contribution is 5.42. The SMILES string of the molecule is CCNC(C)c1cc(F)ccc1Oc1ccc(C)c(C)c1. The molecule has 0 fully saturated rings. The zero-order valence-electron chi connectivity index (χ0n) is 13.0. The zero-order valence-corrected chi connectivity index (χ0v) is 13.0. The van der Waals surface area contributed by atoms with Crippen molar-refractivity contribution in [3.8, 4) is 11.5 Å². The highest BCUT2D eigenvalue weighted by atomic mass is 19.1. The molecule has 0 aliphatic rings. The minimum absolute atomic E-state index is 0.0345. The summed E-state index contributed by atoms with van der Waals surface area (Å²) in [4.78, 5) is 0. The molecule has 2 rings (SSSR count). The van der Waals surface area contributed by atoms with Crippen LogP contribution in [0.3, 0.4) is 0 Å². The first-order valence-electron chi connectivity index (χ1n) is 7.29. The van der Waals surface area contributed by atoms with Crippen molar-refractivity contribution in [3.05, 3.63) is 58.9 Å². The first-order valence-corrected chi connectivity index (χ1v) is 7.29. The minimum atomic E-state index is -0.248. The number of aryl methyl sites for hydroxylation is 2. The van der Waals surface area contributed by atoms with Crippen LogP contribution in [0.5, 0.6) is 11.5 Å². The third kappa shape index (κ3) is 3.82. The average Bonchev–Trinajstić information content (AvgIpc) is 2.45. The van der Waals surface area contributed by atoms with Crippen LogP contribution in [0, 0.1) is 19.7 Å². The second kappa shape index (κ2) is 6.72. The fourth-order valence-corrected chi connectivity index (χ4v) is 2.27. The third-order valence-corrected chi connectivity index (χ3v) is 3.65. The van der Waals surface area contributed by atoms with Crippen LogP contribution < -0.4 is 10.1 Å². The van der Waals surface area contributed by atoms with E-state index in [4.69, 9.17) is 4.74 Å². The lowest BCUT2D eigenvalue weighted by atomic mass is 10.1. The molecule has 0 amide bonds. The Labute approximate surface area is 126 Å². The van der Waals surface area contributed by atoms with Crippen molar-refractivity contribution in [3.63, 3.8) is 0 Å². The molecular formula is C18H22FNO. The Hall–Kier alpha value is -1.87. The molecule has 2 aromatic carbocycles. The van der Waals surface area contributed by atoms with Crippen molar-refractivity contribution in [1.29, 1.82) is 0 Å². The highest BCUT2D eigenvalue weighted by Gasteiger charge is 2.13. The van der Waals surface area contributed by atoms with Gasteiger partial charge in [0.1, 0.15) is 17.3 Å². The zero-order chi connectivity index (χ0) is 15.4. The lowest BCUT2D eigenvalue weighted by Gasteiger charge is -2.18. The van der Waals surface area contributed by atoms with Crippen LogP contribution in [0.4, 0.5) is 4.39 Å². The second-order valence-electron chi connectivity index (χ2n) is 5.31. The van der Waals surface area contributed by atoms with Crippen molar-refractivity contribution in [2.75, 3.05) is 6.54 Å². The summed E-state index contributed by atoms with van der Waals surface area (Å²) >= 11 is 0. The molecule has 1 atom stereocenters. The predicted molar refractivity (Wildman–Crippen MR) is 84.5 cm³/mol. The summed E-state index contributed by atoms with van der Waals surface area (Å²) in [5.41, 5.74) is 3.23. The van der Waals surface area contributed by atoms with E-state index in [0.29, 0.717) is 5.75 Å². The lowest BCUT2D eigenvalue weighted by molar-refractivity contribution is 0.459. The summed E-state index contributed by atoms with van der Waals surface area (Å²) in [7, 11) is 0. The van der Waals surface area contributed by atoms with Crippen LogP contribution in [-0.4, -0.2) is 6.54 Å². The van der Waals surface area contributed by atoms with E-state index >= 15 is 0 Å². The van der Waals surface area contributed by atoms with E-state index in [2.05, 4.69) is 19.2 Å². The van der Waals surface area contributed by atoms with Gasteiger partial charge in [0, 0.05) is 11.6 Å².